The van der Waals surface area contributed by atoms with Gasteiger partial charge in [-0.3, -0.25) is 9.78 Å². The average molecular weight is 496 g/mol. The van der Waals surface area contributed by atoms with Crippen LogP contribution in [0.4, 0.5) is 0 Å². The molecule has 2 heterocycles. The number of rotatable bonds is 10. The Balaban J connectivity index is 1.33. The topological polar surface area (TPSA) is 84.7 Å². The molecule has 7 heteroatoms. The second-order valence-corrected chi connectivity index (χ2v) is 10.9. The molecular formula is C28H33NO5S. The van der Waals surface area contributed by atoms with Crippen molar-refractivity contribution in [2.24, 2.45) is 5.41 Å². The molecule has 0 fully saturated rings. The molecule has 0 unspecified atom stereocenters. The maximum atomic E-state index is 11.4. The van der Waals surface area contributed by atoms with Crippen LogP contribution in [0, 0.1) is 5.41 Å². The van der Waals surface area contributed by atoms with Crippen molar-refractivity contribution < 1.29 is 19.0 Å². The highest BCUT2D eigenvalue weighted by Gasteiger charge is 2.19. The van der Waals surface area contributed by atoms with Crippen LogP contribution >= 0.6 is 11.3 Å². The highest BCUT2D eigenvalue weighted by molar-refractivity contribution is 7.13. The zero-order valence-electron chi connectivity index (χ0n) is 20.8. The first-order valence-electron chi connectivity index (χ1n) is 12.0. The quantitative estimate of drug-likeness (QED) is 0.233. The van der Waals surface area contributed by atoms with Crippen LogP contribution in [0.2, 0.25) is 0 Å². The molecule has 186 valence electrons. The molecule has 4 aromatic rings. The molecular weight excluding hydrogens is 462 g/mol. The van der Waals surface area contributed by atoms with Crippen molar-refractivity contribution in [3.05, 3.63) is 63.5 Å². The van der Waals surface area contributed by atoms with Gasteiger partial charge in [-0.1, -0.05) is 45.5 Å². The van der Waals surface area contributed by atoms with Crippen molar-refractivity contribution >= 4 is 22.3 Å². The van der Waals surface area contributed by atoms with Gasteiger partial charge in [0.2, 0.25) is 5.88 Å². The van der Waals surface area contributed by atoms with Gasteiger partial charge >= 0.3 is 4.87 Å². The van der Waals surface area contributed by atoms with Gasteiger partial charge in [-0.15, -0.1) is 0 Å². The van der Waals surface area contributed by atoms with E-state index in [9.17, 15) is 9.90 Å². The lowest BCUT2D eigenvalue weighted by molar-refractivity contribution is 0.246. The molecule has 2 aromatic carbocycles. The molecule has 2 aromatic heterocycles. The summed E-state index contributed by atoms with van der Waals surface area (Å²) in [5.74, 6) is 1.50. The van der Waals surface area contributed by atoms with Gasteiger partial charge in [0.05, 0.1) is 24.4 Å². The van der Waals surface area contributed by atoms with E-state index >= 15 is 0 Å². The third kappa shape index (κ3) is 6.09. The van der Waals surface area contributed by atoms with E-state index in [1.807, 2.05) is 30.5 Å². The van der Waals surface area contributed by atoms with E-state index in [1.165, 1.54) is 10.9 Å². The summed E-state index contributed by atoms with van der Waals surface area (Å²) in [6.07, 6.45) is 5.52. The van der Waals surface area contributed by atoms with Crippen molar-refractivity contribution in [3.8, 4) is 27.8 Å². The van der Waals surface area contributed by atoms with Gasteiger partial charge in [0.15, 0.2) is 0 Å². The van der Waals surface area contributed by atoms with Gasteiger partial charge in [-0.2, -0.15) is 0 Å². The van der Waals surface area contributed by atoms with Crippen LogP contribution in [0.1, 0.15) is 51.7 Å². The number of nitrogens with one attached hydrogen (secondary N) is 1. The van der Waals surface area contributed by atoms with Gasteiger partial charge in [0.1, 0.15) is 17.1 Å². The number of H-pyrrole nitrogens is 1. The second-order valence-electron chi connectivity index (χ2n) is 9.93. The van der Waals surface area contributed by atoms with Crippen LogP contribution in [0.3, 0.4) is 0 Å². The lowest BCUT2D eigenvalue weighted by Crippen LogP contribution is -2.08. The van der Waals surface area contributed by atoms with E-state index in [0.717, 1.165) is 65.2 Å². The predicted octanol–water partition coefficient (Wildman–Crippen LogP) is 6.94. The van der Waals surface area contributed by atoms with Crippen LogP contribution < -0.4 is 14.3 Å². The number of ether oxygens (including phenoxy) is 2. The molecule has 2 N–H and O–H groups in total. The Hall–Kier alpha value is -3.19. The molecule has 0 amide bonds. The van der Waals surface area contributed by atoms with E-state index < -0.39 is 0 Å². The van der Waals surface area contributed by atoms with Crippen molar-refractivity contribution in [2.75, 3.05) is 13.2 Å². The summed E-state index contributed by atoms with van der Waals surface area (Å²) in [7, 11) is 0. The Bertz CT molecular complexity index is 1320. The summed E-state index contributed by atoms with van der Waals surface area (Å²) in [5, 5.41) is 11.0. The molecule has 0 aliphatic heterocycles. The van der Waals surface area contributed by atoms with Gasteiger partial charge in [-0.25, -0.2) is 0 Å². The van der Waals surface area contributed by atoms with Crippen molar-refractivity contribution in [1.82, 2.24) is 4.98 Å². The molecule has 0 spiro atoms. The number of fused-ring (bicyclic) bond motifs is 1. The number of aryl methyl sites for hydroxylation is 1. The molecule has 0 radical (unpaired) electrons. The summed E-state index contributed by atoms with van der Waals surface area (Å²) in [6, 6.07) is 11.5. The minimum absolute atomic E-state index is 0.105. The number of aromatic nitrogens is 1. The Morgan fingerprint density at radius 1 is 1.06 bits per heavy atom. The number of benzene rings is 2. The Morgan fingerprint density at radius 3 is 2.46 bits per heavy atom. The lowest BCUT2D eigenvalue weighted by atomic mass is 9.88. The largest absolute Gasteiger partial charge is 0.493 e. The van der Waals surface area contributed by atoms with Crippen molar-refractivity contribution in [2.45, 2.75) is 53.4 Å². The molecule has 6 nitrogen and oxygen atoms in total. The number of aromatic amines is 1. The molecule has 0 aliphatic carbocycles. The molecule has 0 saturated heterocycles. The van der Waals surface area contributed by atoms with E-state index in [4.69, 9.17) is 13.9 Å². The fourth-order valence-corrected chi connectivity index (χ4v) is 4.90. The summed E-state index contributed by atoms with van der Waals surface area (Å²) in [4.78, 5) is 14.0. The van der Waals surface area contributed by atoms with Crippen LogP contribution in [0.25, 0.3) is 21.4 Å². The van der Waals surface area contributed by atoms with Crippen molar-refractivity contribution in [1.29, 1.82) is 0 Å². The van der Waals surface area contributed by atoms with Crippen LogP contribution in [-0.4, -0.2) is 23.3 Å². The molecule has 0 atom stereocenters. The zero-order valence-corrected chi connectivity index (χ0v) is 21.6. The molecule has 4 rings (SSSR count). The van der Waals surface area contributed by atoms with Gasteiger partial charge in [0.25, 0.3) is 0 Å². The fourth-order valence-electron chi connectivity index (χ4n) is 4.17. The number of hydrogen-bond donors (Lipinski definition) is 2. The van der Waals surface area contributed by atoms with Gasteiger partial charge in [0, 0.05) is 17.4 Å². The summed E-state index contributed by atoms with van der Waals surface area (Å²) in [6.45, 7) is 9.94. The normalized spacial score (nSPS) is 11.8. The minimum Gasteiger partial charge on any atom is -0.493 e. The molecule has 35 heavy (non-hydrogen) atoms. The number of hydrogen-bond acceptors (Lipinski definition) is 6. The molecule has 0 bridgehead atoms. The first-order chi connectivity index (χ1) is 16.7. The highest BCUT2D eigenvalue weighted by atomic mass is 32.1. The Labute approximate surface area is 209 Å². The van der Waals surface area contributed by atoms with E-state index in [1.54, 1.807) is 0 Å². The first-order valence-corrected chi connectivity index (χ1v) is 12.9. The first kappa shape index (κ1) is 24.9. The van der Waals surface area contributed by atoms with Crippen molar-refractivity contribution in [3.63, 3.8) is 0 Å². The Morgan fingerprint density at radius 2 is 1.80 bits per heavy atom. The smallest absolute Gasteiger partial charge is 0.307 e. The maximum Gasteiger partial charge on any atom is 0.307 e. The minimum atomic E-state index is -0.281. The number of aromatic hydroxyl groups is 1. The number of thiazole rings is 1. The van der Waals surface area contributed by atoms with E-state index in [-0.39, 0.29) is 16.2 Å². The van der Waals surface area contributed by atoms with Crippen LogP contribution in [0.5, 0.6) is 17.4 Å². The lowest BCUT2D eigenvalue weighted by Gasteiger charge is -2.17. The number of furan rings is 1. The summed E-state index contributed by atoms with van der Waals surface area (Å²) in [5.41, 5.74) is 4.29. The van der Waals surface area contributed by atoms with Gasteiger partial charge in [-0.05, 0) is 65.8 Å². The summed E-state index contributed by atoms with van der Waals surface area (Å²) >= 11 is 0.979. The molecule has 0 saturated carbocycles. The highest BCUT2D eigenvalue weighted by Crippen LogP contribution is 2.35. The second kappa shape index (κ2) is 10.6. The zero-order chi connectivity index (χ0) is 25.0. The summed E-state index contributed by atoms with van der Waals surface area (Å²) < 4.78 is 18.0. The van der Waals surface area contributed by atoms with Crippen LogP contribution in [-0.2, 0) is 12.8 Å². The maximum absolute atomic E-state index is 11.4. The van der Waals surface area contributed by atoms with Gasteiger partial charge < -0.3 is 19.0 Å². The Kier molecular flexibility index (Phi) is 7.55. The monoisotopic (exact) mass is 495 g/mol. The van der Waals surface area contributed by atoms with Crippen LogP contribution in [0.15, 0.2) is 51.9 Å². The third-order valence-corrected chi connectivity index (χ3v) is 6.59. The standard InChI is InChI=1S/C28H33NO5S/c1-5-7-22-23(13-12-21-19(16-28(2,3)4)17-34-24(21)22)33-15-6-14-32-20-10-8-18(9-11-20)25-26(30)29-27(31)35-25/h8-13,17,30H,5-7,14-16H2,1-4H3,(H,29,31). The SMILES string of the molecule is CCCc1c(OCCCOc2ccc(-c3sc(=O)[nH]c3O)cc2)ccc2c(CC(C)(C)C)coc12. The average Bonchev–Trinajstić information content (AvgIpc) is 3.36. The van der Waals surface area contributed by atoms with E-state index in [2.05, 4.69) is 44.8 Å². The fraction of sp³-hybridized carbons (Fsp3) is 0.393. The third-order valence-electron chi connectivity index (χ3n) is 5.67. The predicted molar refractivity (Wildman–Crippen MR) is 141 cm³/mol. The molecule has 0 aliphatic rings. The van der Waals surface area contributed by atoms with E-state index in [0.29, 0.717) is 18.1 Å².